The Hall–Kier alpha value is -2.38. The van der Waals surface area contributed by atoms with Crippen LogP contribution in [0.4, 0.5) is 10.7 Å². The van der Waals surface area contributed by atoms with E-state index in [1.165, 1.54) is 7.11 Å². The number of carbonyl (C=O) groups excluding carboxylic acids is 1. The van der Waals surface area contributed by atoms with Gasteiger partial charge in [0.1, 0.15) is 5.60 Å². The molecular formula is C18H21N3O3S. The summed E-state index contributed by atoms with van der Waals surface area (Å²) >= 11 is 1.55. The Morgan fingerprint density at radius 3 is 2.96 bits per heavy atom. The van der Waals surface area contributed by atoms with Gasteiger partial charge in [0.2, 0.25) is 5.95 Å². The Bertz CT molecular complexity index is 860. The van der Waals surface area contributed by atoms with Gasteiger partial charge in [0.05, 0.1) is 18.1 Å². The standard InChI is InChI=1S/C18H21N3O3S/c1-3-4-9-18(23,15-6-5-10-25-15)12-7-8-13-14(11-12)20-16(19-13)21-17(22)24-2/h5-8,10-11,23H,3-4,9H2,1-2H3,(H2,19,20,21,22)/t18-/m0/s1. The first kappa shape index (κ1) is 17.4. The number of fused-ring (bicyclic) bond motifs is 1. The summed E-state index contributed by atoms with van der Waals surface area (Å²) < 4.78 is 4.57. The Balaban J connectivity index is 1.99. The lowest BCUT2D eigenvalue weighted by molar-refractivity contribution is 0.0724. The predicted molar refractivity (Wildman–Crippen MR) is 99.0 cm³/mol. The second-order valence-corrected chi connectivity index (χ2v) is 6.82. The lowest BCUT2D eigenvalue weighted by Crippen LogP contribution is -2.26. The first-order chi connectivity index (χ1) is 12.1. The lowest BCUT2D eigenvalue weighted by atomic mass is 9.87. The number of imidazole rings is 1. The van der Waals surface area contributed by atoms with Crippen LogP contribution in [0.1, 0.15) is 36.6 Å². The summed E-state index contributed by atoms with van der Waals surface area (Å²) in [6.07, 6.45) is 1.99. The zero-order valence-corrected chi connectivity index (χ0v) is 15.0. The number of aromatic nitrogens is 2. The van der Waals surface area contributed by atoms with Gasteiger partial charge in [-0.2, -0.15) is 0 Å². The molecular weight excluding hydrogens is 338 g/mol. The molecule has 0 unspecified atom stereocenters. The monoisotopic (exact) mass is 359 g/mol. The Morgan fingerprint density at radius 1 is 1.44 bits per heavy atom. The average molecular weight is 359 g/mol. The smallest absolute Gasteiger partial charge is 0.413 e. The second kappa shape index (κ2) is 7.25. The maximum atomic E-state index is 11.4. The minimum absolute atomic E-state index is 0.312. The highest BCUT2D eigenvalue weighted by Crippen LogP contribution is 2.38. The topological polar surface area (TPSA) is 87.2 Å². The maximum absolute atomic E-state index is 11.4. The maximum Gasteiger partial charge on any atom is 0.413 e. The highest BCUT2D eigenvalue weighted by atomic mass is 32.1. The molecule has 3 N–H and O–H groups in total. The number of carbonyl (C=O) groups is 1. The fourth-order valence-corrected chi connectivity index (χ4v) is 3.71. The van der Waals surface area contributed by atoms with Gasteiger partial charge in [-0.25, -0.2) is 9.78 Å². The molecule has 7 heteroatoms. The van der Waals surface area contributed by atoms with Crippen molar-refractivity contribution in [2.45, 2.75) is 31.8 Å². The fraction of sp³-hybridized carbons (Fsp3) is 0.333. The molecule has 0 aliphatic carbocycles. The van der Waals surface area contributed by atoms with E-state index in [1.54, 1.807) is 11.3 Å². The molecule has 3 aromatic rings. The molecule has 0 aliphatic rings. The summed E-state index contributed by atoms with van der Waals surface area (Å²) in [7, 11) is 1.30. The molecule has 3 rings (SSSR count). The molecule has 1 aromatic carbocycles. The highest BCUT2D eigenvalue weighted by Gasteiger charge is 2.32. The number of ether oxygens (including phenoxy) is 1. The fourth-order valence-electron chi connectivity index (χ4n) is 2.83. The van der Waals surface area contributed by atoms with Crippen molar-refractivity contribution in [1.82, 2.24) is 9.97 Å². The first-order valence-corrected chi connectivity index (χ1v) is 9.06. The van der Waals surface area contributed by atoms with E-state index in [-0.39, 0.29) is 0 Å². The molecule has 0 saturated carbocycles. The quantitative estimate of drug-likeness (QED) is 0.615. The van der Waals surface area contributed by atoms with E-state index in [1.807, 2.05) is 35.7 Å². The van der Waals surface area contributed by atoms with Crippen molar-refractivity contribution < 1.29 is 14.6 Å². The predicted octanol–water partition coefficient (Wildman–Crippen LogP) is 4.23. The summed E-state index contributed by atoms with van der Waals surface area (Å²) in [4.78, 5) is 19.6. The van der Waals surface area contributed by atoms with Crippen LogP contribution in [0.15, 0.2) is 35.7 Å². The molecule has 2 heterocycles. The molecule has 1 atom stereocenters. The molecule has 2 aromatic heterocycles. The van der Waals surface area contributed by atoms with Crippen LogP contribution in [0.2, 0.25) is 0 Å². The van der Waals surface area contributed by atoms with Gasteiger partial charge in [0.25, 0.3) is 0 Å². The normalized spacial score (nSPS) is 13.6. The van der Waals surface area contributed by atoms with E-state index in [0.29, 0.717) is 17.9 Å². The number of aromatic amines is 1. The van der Waals surface area contributed by atoms with Gasteiger partial charge in [-0.3, -0.25) is 5.32 Å². The highest BCUT2D eigenvalue weighted by molar-refractivity contribution is 7.10. The summed E-state index contributed by atoms with van der Waals surface area (Å²) in [6, 6.07) is 9.53. The van der Waals surface area contributed by atoms with Crippen LogP contribution in [-0.2, 0) is 10.3 Å². The van der Waals surface area contributed by atoms with E-state index in [4.69, 9.17) is 0 Å². The molecule has 6 nitrogen and oxygen atoms in total. The minimum atomic E-state index is -1.03. The molecule has 1 amide bonds. The third kappa shape index (κ3) is 3.52. The number of benzene rings is 1. The Kier molecular flexibility index (Phi) is 5.06. The van der Waals surface area contributed by atoms with Crippen molar-refractivity contribution in [3.8, 4) is 0 Å². The number of aliphatic hydroxyl groups is 1. The van der Waals surface area contributed by atoms with Gasteiger partial charge in [-0.15, -0.1) is 11.3 Å². The summed E-state index contributed by atoms with van der Waals surface area (Å²) in [6.45, 7) is 2.11. The number of anilines is 1. The van der Waals surface area contributed by atoms with Crippen molar-refractivity contribution >= 4 is 34.4 Å². The van der Waals surface area contributed by atoms with Crippen LogP contribution in [0.5, 0.6) is 0 Å². The Morgan fingerprint density at radius 2 is 2.28 bits per heavy atom. The van der Waals surface area contributed by atoms with Crippen molar-refractivity contribution in [2.75, 3.05) is 12.4 Å². The van der Waals surface area contributed by atoms with Crippen LogP contribution in [0, 0.1) is 0 Å². The number of amides is 1. The number of hydrogen-bond donors (Lipinski definition) is 3. The van der Waals surface area contributed by atoms with Crippen LogP contribution in [-0.4, -0.2) is 28.3 Å². The molecule has 25 heavy (non-hydrogen) atoms. The van der Waals surface area contributed by atoms with Crippen molar-refractivity contribution in [2.24, 2.45) is 0 Å². The van der Waals surface area contributed by atoms with E-state index in [0.717, 1.165) is 28.8 Å². The SMILES string of the molecule is CCCC[C@](O)(c1ccc2nc(NC(=O)OC)[nH]c2c1)c1cccs1. The molecule has 132 valence electrons. The Labute approximate surface area is 149 Å². The van der Waals surface area contributed by atoms with Gasteiger partial charge < -0.3 is 14.8 Å². The largest absolute Gasteiger partial charge is 0.453 e. The zero-order chi connectivity index (χ0) is 17.9. The van der Waals surface area contributed by atoms with Crippen molar-refractivity contribution in [1.29, 1.82) is 0 Å². The zero-order valence-electron chi connectivity index (χ0n) is 14.2. The minimum Gasteiger partial charge on any atom is -0.453 e. The van der Waals surface area contributed by atoms with Crippen molar-refractivity contribution in [3.63, 3.8) is 0 Å². The number of H-pyrrole nitrogens is 1. The number of nitrogens with zero attached hydrogens (tertiary/aromatic N) is 1. The van der Waals surface area contributed by atoms with Crippen LogP contribution < -0.4 is 5.32 Å². The third-order valence-corrected chi connectivity index (χ3v) is 5.21. The van der Waals surface area contributed by atoms with E-state index >= 15 is 0 Å². The van der Waals surface area contributed by atoms with E-state index in [9.17, 15) is 9.90 Å². The number of unbranched alkanes of at least 4 members (excludes halogenated alkanes) is 1. The van der Waals surface area contributed by atoms with Crippen LogP contribution in [0.25, 0.3) is 11.0 Å². The first-order valence-electron chi connectivity index (χ1n) is 8.18. The molecule has 0 fully saturated rings. The van der Waals surface area contributed by atoms with Gasteiger partial charge in [-0.1, -0.05) is 31.9 Å². The molecule has 0 bridgehead atoms. The van der Waals surface area contributed by atoms with Crippen LogP contribution >= 0.6 is 11.3 Å². The lowest BCUT2D eigenvalue weighted by Gasteiger charge is -2.27. The molecule has 0 radical (unpaired) electrons. The number of rotatable bonds is 6. The summed E-state index contributed by atoms with van der Waals surface area (Å²) in [5.74, 6) is 0.312. The van der Waals surface area contributed by atoms with Crippen LogP contribution in [0.3, 0.4) is 0 Å². The second-order valence-electron chi connectivity index (χ2n) is 5.88. The van der Waals surface area contributed by atoms with Gasteiger partial charge in [-0.05, 0) is 35.6 Å². The van der Waals surface area contributed by atoms with Gasteiger partial charge in [0.15, 0.2) is 0 Å². The van der Waals surface area contributed by atoms with Gasteiger partial charge >= 0.3 is 6.09 Å². The van der Waals surface area contributed by atoms with E-state index in [2.05, 4.69) is 26.9 Å². The third-order valence-electron chi connectivity index (χ3n) is 4.19. The number of hydrogen-bond acceptors (Lipinski definition) is 5. The summed E-state index contributed by atoms with van der Waals surface area (Å²) in [5.41, 5.74) is 1.23. The van der Waals surface area contributed by atoms with Crippen molar-refractivity contribution in [3.05, 3.63) is 46.2 Å². The number of thiophene rings is 1. The molecule has 0 saturated heterocycles. The van der Waals surface area contributed by atoms with Gasteiger partial charge in [0, 0.05) is 4.88 Å². The summed E-state index contributed by atoms with van der Waals surface area (Å²) in [5, 5.41) is 15.9. The molecule has 0 spiro atoms. The molecule has 0 aliphatic heterocycles. The number of methoxy groups -OCH3 is 1. The van der Waals surface area contributed by atoms with E-state index < -0.39 is 11.7 Å². The average Bonchev–Trinajstić information content (AvgIpc) is 3.28. The number of nitrogens with one attached hydrogen (secondary N) is 2.